The third-order valence-corrected chi connectivity index (χ3v) is 5.36. The predicted molar refractivity (Wildman–Crippen MR) is 79.2 cm³/mol. The zero-order valence-corrected chi connectivity index (χ0v) is 12.7. The van der Waals surface area contributed by atoms with Crippen molar-refractivity contribution in [1.29, 1.82) is 0 Å². The molecule has 0 aromatic rings. The topological polar surface area (TPSA) is 55.1 Å². The molecule has 1 unspecified atom stereocenters. The van der Waals surface area contributed by atoms with E-state index in [1.165, 1.54) is 38.5 Å². The SMILES string of the molecule is CCCC(N)C(=O)NC12CC3CC(CC(C3)C1)C2.Cl. The number of carbonyl (C=O) groups excluding carboxylic acids is 1. The van der Waals surface area contributed by atoms with Crippen molar-refractivity contribution in [2.45, 2.75) is 69.9 Å². The molecular formula is C15H27ClN2O. The van der Waals surface area contributed by atoms with Crippen LogP contribution in [0.4, 0.5) is 0 Å². The van der Waals surface area contributed by atoms with Gasteiger partial charge in [-0.25, -0.2) is 0 Å². The lowest BCUT2D eigenvalue weighted by Crippen LogP contribution is -2.62. The summed E-state index contributed by atoms with van der Waals surface area (Å²) in [6.07, 6.45) is 9.66. The largest absolute Gasteiger partial charge is 0.349 e. The standard InChI is InChI=1S/C15H26N2O.ClH/c1-2-3-13(16)14(18)17-15-7-10-4-11(8-15)6-12(5-10)9-15;/h10-13H,2-9,16H2,1H3,(H,17,18);1H. The molecule has 4 rings (SSSR count). The van der Waals surface area contributed by atoms with Crippen LogP contribution in [0.1, 0.15) is 58.3 Å². The van der Waals surface area contributed by atoms with Gasteiger partial charge in [0.1, 0.15) is 0 Å². The van der Waals surface area contributed by atoms with Crippen molar-refractivity contribution in [3.8, 4) is 0 Å². The smallest absolute Gasteiger partial charge is 0.237 e. The summed E-state index contributed by atoms with van der Waals surface area (Å²) in [5.74, 6) is 2.72. The summed E-state index contributed by atoms with van der Waals surface area (Å²) >= 11 is 0. The maximum absolute atomic E-state index is 12.2. The number of hydrogen-bond donors (Lipinski definition) is 2. The molecule has 0 heterocycles. The van der Waals surface area contributed by atoms with Crippen LogP contribution in [-0.2, 0) is 4.79 Å². The molecule has 4 bridgehead atoms. The highest BCUT2D eigenvalue weighted by molar-refractivity contribution is 5.85. The van der Waals surface area contributed by atoms with Crippen molar-refractivity contribution in [3.05, 3.63) is 0 Å². The van der Waals surface area contributed by atoms with Crippen LogP contribution in [0.15, 0.2) is 0 Å². The Morgan fingerprint density at radius 3 is 2.11 bits per heavy atom. The Labute approximate surface area is 122 Å². The van der Waals surface area contributed by atoms with Gasteiger partial charge in [-0.2, -0.15) is 0 Å². The number of nitrogens with one attached hydrogen (secondary N) is 1. The lowest BCUT2D eigenvalue weighted by Gasteiger charge is -2.57. The van der Waals surface area contributed by atoms with Crippen LogP contribution in [0.25, 0.3) is 0 Å². The molecule has 3 N–H and O–H groups in total. The van der Waals surface area contributed by atoms with Crippen molar-refractivity contribution >= 4 is 18.3 Å². The van der Waals surface area contributed by atoms with Gasteiger partial charge in [-0.1, -0.05) is 13.3 Å². The highest BCUT2D eigenvalue weighted by atomic mass is 35.5. The molecule has 4 saturated carbocycles. The fourth-order valence-corrected chi connectivity index (χ4v) is 5.06. The first-order valence-corrected chi connectivity index (χ1v) is 7.68. The first-order chi connectivity index (χ1) is 8.60. The average Bonchev–Trinajstić information content (AvgIpc) is 2.26. The lowest BCUT2D eigenvalue weighted by atomic mass is 9.53. The van der Waals surface area contributed by atoms with Gasteiger partial charge in [-0.05, 0) is 62.7 Å². The molecule has 0 saturated heterocycles. The van der Waals surface area contributed by atoms with E-state index in [4.69, 9.17) is 5.73 Å². The van der Waals surface area contributed by atoms with E-state index in [-0.39, 0.29) is 29.9 Å². The summed E-state index contributed by atoms with van der Waals surface area (Å²) in [7, 11) is 0. The van der Waals surface area contributed by atoms with Crippen molar-refractivity contribution in [2.75, 3.05) is 0 Å². The van der Waals surface area contributed by atoms with Crippen molar-refractivity contribution in [2.24, 2.45) is 23.5 Å². The number of amides is 1. The predicted octanol–water partition coefficient (Wildman–Crippen LogP) is 2.62. The molecule has 110 valence electrons. The molecule has 4 aliphatic carbocycles. The molecule has 0 aliphatic heterocycles. The molecule has 4 aliphatic rings. The van der Waals surface area contributed by atoms with Gasteiger partial charge in [-0.3, -0.25) is 4.79 Å². The van der Waals surface area contributed by atoms with E-state index in [0.29, 0.717) is 0 Å². The van der Waals surface area contributed by atoms with E-state index < -0.39 is 0 Å². The molecule has 0 spiro atoms. The molecule has 1 amide bonds. The Bertz CT molecular complexity index is 310. The van der Waals surface area contributed by atoms with Crippen molar-refractivity contribution in [3.63, 3.8) is 0 Å². The number of halogens is 1. The molecule has 19 heavy (non-hydrogen) atoms. The van der Waals surface area contributed by atoms with Gasteiger partial charge in [0, 0.05) is 5.54 Å². The molecule has 1 atom stereocenters. The third kappa shape index (κ3) is 2.92. The first kappa shape index (κ1) is 15.1. The van der Waals surface area contributed by atoms with Crippen LogP contribution in [-0.4, -0.2) is 17.5 Å². The molecular weight excluding hydrogens is 260 g/mol. The van der Waals surface area contributed by atoms with E-state index in [9.17, 15) is 4.79 Å². The zero-order valence-electron chi connectivity index (χ0n) is 11.9. The Balaban J connectivity index is 0.00000133. The zero-order chi connectivity index (χ0) is 12.8. The van der Waals surface area contributed by atoms with E-state index in [0.717, 1.165) is 30.6 Å². The number of hydrogen-bond acceptors (Lipinski definition) is 2. The fraction of sp³-hybridized carbons (Fsp3) is 0.933. The van der Waals surface area contributed by atoms with E-state index in [1.807, 2.05) is 0 Å². The maximum atomic E-state index is 12.2. The van der Waals surface area contributed by atoms with E-state index in [2.05, 4.69) is 12.2 Å². The first-order valence-electron chi connectivity index (χ1n) is 7.68. The summed E-state index contributed by atoms with van der Waals surface area (Å²) in [6.45, 7) is 2.08. The summed E-state index contributed by atoms with van der Waals surface area (Å²) in [5, 5.41) is 3.35. The summed E-state index contributed by atoms with van der Waals surface area (Å²) in [4.78, 5) is 12.2. The minimum absolute atomic E-state index is 0. The molecule has 4 fully saturated rings. The molecule has 3 nitrogen and oxygen atoms in total. The Kier molecular flexibility index (Phi) is 4.46. The highest BCUT2D eigenvalue weighted by Gasteiger charge is 2.51. The normalized spacial score (nSPS) is 40.6. The van der Waals surface area contributed by atoms with Gasteiger partial charge in [0.25, 0.3) is 0 Å². The van der Waals surface area contributed by atoms with Crippen molar-refractivity contribution < 1.29 is 4.79 Å². The Morgan fingerprint density at radius 2 is 1.68 bits per heavy atom. The second-order valence-electron chi connectivity index (χ2n) is 7.08. The van der Waals surface area contributed by atoms with Crippen LogP contribution in [0, 0.1) is 17.8 Å². The van der Waals surface area contributed by atoms with Gasteiger partial charge in [-0.15, -0.1) is 12.4 Å². The van der Waals surface area contributed by atoms with E-state index >= 15 is 0 Å². The molecule has 0 radical (unpaired) electrons. The van der Waals surface area contributed by atoms with E-state index in [1.54, 1.807) is 0 Å². The van der Waals surface area contributed by atoms with Gasteiger partial charge in [0.2, 0.25) is 5.91 Å². The number of rotatable bonds is 4. The number of nitrogens with two attached hydrogens (primary N) is 1. The highest BCUT2D eigenvalue weighted by Crippen LogP contribution is 2.55. The lowest BCUT2D eigenvalue weighted by molar-refractivity contribution is -0.128. The van der Waals surface area contributed by atoms with Crippen LogP contribution < -0.4 is 11.1 Å². The molecule has 4 heteroatoms. The molecule has 0 aromatic carbocycles. The minimum Gasteiger partial charge on any atom is -0.349 e. The monoisotopic (exact) mass is 286 g/mol. The summed E-state index contributed by atoms with van der Waals surface area (Å²) in [6, 6.07) is -0.303. The quantitative estimate of drug-likeness (QED) is 0.835. The molecule has 0 aromatic heterocycles. The second kappa shape index (κ2) is 5.61. The van der Waals surface area contributed by atoms with Gasteiger partial charge < -0.3 is 11.1 Å². The number of carbonyl (C=O) groups is 1. The van der Waals surface area contributed by atoms with Crippen LogP contribution in [0.5, 0.6) is 0 Å². The van der Waals surface area contributed by atoms with Crippen molar-refractivity contribution in [1.82, 2.24) is 5.32 Å². The fourth-order valence-electron chi connectivity index (χ4n) is 5.06. The second-order valence-corrected chi connectivity index (χ2v) is 7.08. The minimum atomic E-state index is -0.303. The summed E-state index contributed by atoms with van der Waals surface area (Å²) in [5.41, 5.74) is 6.07. The van der Waals surface area contributed by atoms with Gasteiger partial charge in [0.15, 0.2) is 0 Å². The van der Waals surface area contributed by atoms with Crippen LogP contribution in [0.3, 0.4) is 0 Å². The van der Waals surface area contributed by atoms with Crippen LogP contribution >= 0.6 is 12.4 Å². The summed E-state index contributed by atoms with van der Waals surface area (Å²) < 4.78 is 0. The van der Waals surface area contributed by atoms with Gasteiger partial charge in [0.05, 0.1) is 6.04 Å². The average molecular weight is 287 g/mol. The van der Waals surface area contributed by atoms with Crippen LogP contribution in [0.2, 0.25) is 0 Å². The Morgan fingerprint density at radius 1 is 1.21 bits per heavy atom. The maximum Gasteiger partial charge on any atom is 0.237 e. The Hall–Kier alpha value is -0.280. The van der Waals surface area contributed by atoms with Gasteiger partial charge >= 0.3 is 0 Å². The third-order valence-electron chi connectivity index (χ3n) is 5.36.